The van der Waals surface area contributed by atoms with E-state index >= 15 is 0 Å². The number of hydrogen-bond donors (Lipinski definition) is 1. The molecule has 0 atom stereocenters. The molecule has 0 saturated carbocycles. The highest BCUT2D eigenvalue weighted by Crippen LogP contribution is 2.22. The molecular formula is C7H14FNOS. The van der Waals surface area contributed by atoms with Crippen LogP contribution in [0.2, 0.25) is 0 Å². The number of nitrogens with zero attached hydrogens (tertiary/aromatic N) is 1. The van der Waals surface area contributed by atoms with E-state index in [9.17, 15) is 4.39 Å². The lowest BCUT2D eigenvalue weighted by atomic mass is 9.90. The Labute approximate surface area is 70.9 Å². The van der Waals surface area contributed by atoms with E-state index in [1.54, 1.807) is 11.8 Å². The third kappa shape index (κ3) is 3.10. The van der Waals surface area contributed by atoms with E-state index in [1.165, 1.54) is 0 Å². The second kappa shape index (κ2) is 4.59. The van der Waals surface area contributed by atoms with Crippen LogP contribution in [-0.2, 0) is 0 Å². The van der Waals surface area contributed by atoms with Gasteiger partial charge in [0, 0.05) is 11.2 Å². The van der Waals surface area contributed by atoms with Crippen LogP contribution >= 0.6 is 11.8 Å². The number of oxime groups is 1. The SMILES string of the molecule is CSCC(C)(C)C(CF)=NO. The highest BCUT2D eigenvalue weighted by Gasteiger charge is 2.24. The van der Waals surface area contributed by atoms with E-state index in [1.807, 2.05) is 20.1 Å². The zero-order chi connectivity index (χ0) is 8.91. The fourth-order valence-electron chi connectivity index (χ4n) is 0.787. The number of halogens is 1. The number of alkyl halides is 1. The summed E-state index contributed by atoms with van der Waals surface area (Å²) < 4.78 is 12.2. The summed E-state index contributed by atoms with van der Waals surface area (Å²) in [6, 6.07) is 0. The molecule has 11 heavy (non-hydrogen) atoms. The maximum Gasteiger partial charge on any atom is 0.131 e. The number of thioether (sulfide) groups is 1. The third-order valence-electron chi connectivity index (χ3n) is 1.53. The largest absolute Gasteiger partial charge is 0.411 e. The molecule has 0 rings (SSSR count). The summed E-state index contributed by atoms with van der Waals surface area (Å²) in [5.41, 5.74) is -0.130. The van der Waals surface area contributed by atoms with Gasteiger partial charge in [0.15, 0.2) is 0 Å². The minimum absolute atomic E-state index is 0.215. The van der Waals surface area contributed by atoms with Crippen molar-refractivity contribution in [2.75, 3.05) is 18.7 Å². The fraction of sp³-hybridized carbons (Fsp3) is 0.857. The molecule has 2 nitrogen and oxygen atoms in total. The Hall–Kier alpha value is -0.250. The predicted molar refractivity (Wildman–Crippen MR) is 47.4 cm³/mol. The number of rotatable bonds is 4. The van der Waals surface area contributed by atoms with Gasteiger partial charge >= 0.3 is 0 Å². The third-order valence-corrected chi connectivity index (χ3v) is 2.54. The Bertz CT molecular complexity index is 147. The Kier molecular flexibility index (Phi) is 4.49. The maximum atomic E-state index is 12.2. The van der Waals surface area contributed by atoms with Crippen LogP contribution in [0.3, 0.4) is 0 Å². The van der Waals surface area contributed by atoms with Crippen LogP contribution in [0, 0.1) is 5.41 Å². The van der Waals surface area contributed by atoms with Gasteiger partial charge in [0.2, 0.25) is 0 Å². The first-order valence-electron chi connectivity index (χ1n) is 3.34. The molecule has 66 valence electrons. The standard InChI is InChI=1S/C7H14FNOS/c1-7(2,5-11-3)6(4-8)9-10/h10H,4-5H2,1-3H3. The van der Waals surface area contributed by atoms with Crippen LogP contribution in [0.15, 0.2) is 5.16 Å². The molecule has 0 heterocycles. The minimum Gasteiger partial charge on any atom is -0.411 e. The van der Waals surface area contributed by atoms with Gasteiger partial charge in [-0.15, -0.1) is 0 Å². The van der Waals surface area contributed by atoms with Crippen LogP contribution < -0.4 is 0 Å². The molecule has 0 aliphatic heterocycles. The monoisotopic (exact) mass is 179 g/mol. The molecule has 0 amide bonds. The lowest BCUT2D eigenvalue weighted by molar-refractivity contribution is 0.306. The normalized spacial score (nSPS) is 13.6. The summed E-state index contributed by atoms with van der Waals surface area (Å²) in [6.45, 7) is 3.04. The summed E-state index contributed by atoms with van der Waals surface area (Å²) in [5.74, 6) is 0.760. The van der Waals surface area contributed by atoms with Crippen molar-refractivity contribution >= 4 is 17.5 Å². The first-order chi connectivity index (χ1) is 5.08. The van der Waals surface area contributed by atoms with Crippen molar-refractivity contribution < 1.29 is 9.60 Å². The van der Waals surface area contributed by atoms with E-state index < -0.39 is 6.67 Å². The smallest absolute Gasteiger partial charge is 0.131 e. The Morgan fingerprint density at radius 3 is 2.45 bits per heavy atom. The zero-order valence-electron chi connectivity index (χ0n) is 7.09. The van der Waals surface area contributed by atoms with Crippen LogP contribution in [0.5, 0.6) is 0 Å². The van der Waals surface area contributed by atoms with Crippen molar-refractivity contribution in [3.05, 3.63) is 0 Å². The molecule has 0 aromatic rings. The lowest BCUT2D eigenvalue weighted by Gasteiger charge is -2.22. The molecule has 0 aromatic heterocycles. The first kappa shape index (κ1) is 10.8. The van der Waals surface area contributed by atoms with E-state index in [0.29, 0.717) is 0 Å². The van der Waals surface area contributed by atoms with Crippen LogP contribution in [0.4, 0.5) is 4.39 Å². The summed E-state index contributed by atoms with van der Waals surface area (Å²) in [7, 11) is 0. The second-order valence-corrected chi connectivity index (χ2v) is 3.86. The van der Waals surface area contributed by atoms with E-state index in [2.05, 4.69) is 5.16 Å². The Morgan fingerprint density at radius 2 is 2.18 bits per heavy atom. The van der Waals surface area contributed by atoms with E-state index in [0.717, 1.165) is 5.75 Å². The topological polar surface area (TPSA) is 32.6 Å². The minimum atomic E-state index is -0.677. The quantitative estimate of drug-likeness (QED) is 0.407. The molecule has 4 heteroatoms. The lowest BCUT2D eigenvalue weighted by Crippen LogP contribution is -2.28. The van der Waals surface area contributed by atoms with Crippen LogP contribution in [0.1, 0.15) is 13.8 Å². The van der Waals surface area contributed by atoms with Gasteiger partial charge in [0.25, 0.3) is 0 Å². The molecule has 0 unspecified atom stereocenters. The second-order valence-electron chi connectivity index (χ2n) is 3.00. The number of hydrogen-bond acceptors (Lipinski definition) is 3. The highest BCUT2D eigenvalue weighted by atomic mass is 32.2. The van der Waals surface area contributed by atoms with Crippen molar-refractivity contribution in [1.82, 2.24) is 0 Å². The van der Waals surface area contributed by atoms with E-state index in [4.69, 9.17) is 5.21 Å². The Balaban J connectivity index is 4.25. The van der Waals surface area contributed by atoms with Crippen molar-refractivity contribution in [3.8, 4) is 0 Å². The molecule has 1 N–H and O–H groups in total. The van der Waals surface area contributed by atoms with Gasteiger partial charge in [-0.1, -0.05) is 19.0 Å². The van der Waals surface area contributed by atoms with Gasteiger partial charge in [-0.2, -0.15) is 11.8 Å². The summed E-state index contributed by atoms with van der Waals surface area (Å²) in [6.07, 6.45) is 1.94. The molecule has 0 aliphatic rings. The summed E-state index contributed by atoms with van der Waals surface area (Å²) >= 11 is 1.61. The fourth-order valence-corrected chi connectivity index (χ4v) is 1.68. The van der Waals surface area contributed by atoms with Gasteiger partial charge in [0.1, 0.15) is 6.67 Å². The van der Waals surface area contributed by atoms with Gasteiger partial charge in [-0.3, -0.25) is 0 Å². The van der Waals surface area contributed by atoms with Crippen molar-refractivity contribution in [3.63, 3.8) is 0 Å². The first-order valence-corrected chi connectivity index (χ1v) is 4.74. The average molecular weight is 179 g/mol. The predicted octanol–water partition coefficient (Wildman–Crippen LogP) is 2.18. The molecule has 0 saturated heterocycles. The zero-order valence-corrected chi connectivity index (χ0v) is 7.91. The van der Waals surface area contributed by atoms with Gasteiger partial charge < -0.3 is 5.21 Å². The van der Waals surface area contributed by atoms with Crippen molar-refractivity contribution in [2.24, 2.45) is 10.6 Å². The van der Waals surface area contributed by atoms with Gasteiger partial charge in [0.05, 0.1) is 5.71 Å². The molecular weight excluding hydrogens is 165 g/mol. The van der Waals surface area contributed by atoms with Gasteiger partial charge in [-0.05, 0) is 6.26 Å². The maximum absolute atomic E-state index is 12.2. The average Bonchev–Trinajstić information content (AvgIpc) is 1.89. The molecule has 0 aliphatic carbocycles. The molecule has 0 aromatic carbocycles. The summed E-state index contributed by atoms with van der Waals surface area (Å²) in [5, 5.41) is 11.4. The summed E-state index contributed by atoms with van der Waals surface area (Å²) in [4.78, 5) is 0. The Morgan fingerprint density at radius 1 is 1.64 bits per heavy atom. The van der Waals surface area contributed by atoms with Crippen molar-refractivity contribution in [1.29, 1.82) is 0 Å². The highest BCUT2D eigenvalue weighted by molar-refractivity contribution is 7.98. The van der Waals surface area contributed by atoms with Crippen LogP contribution in [-0.4, -0.2) is 29.6 Å². The van der Waals surface area contributed by atoms with Crippen LogP contribution in [0.25, 0.3) is 0 Å². The van der Waals surface area contributed by atoms with E-state index in [-0.39, 0.29) is 11.1 Å². The molecule has 0 fully saturated rings. The molecule has 0 bridgehead atoms. The van der Waals surface area contributed by atoms with Gasteiger partial charge in [-0.25, -0.2) is 4.39 Å². The van der Waals surface area contributed by atoms with Crippen molar-refractivity contribution in [2.45, 2.75) is 13.8 Å². The molecule has 0 spiro atoms. The molecule has 0 radical (unpaired) electrons.